The molecule has 0 aliphatic heterocycles. The van der Waals surface area contributed by atoms with Crippen LogP contribution in [0.5, 0.6) is 0 Å². The summed E-state index contributed by atoms with van der Waals surface area (Å²) in [6.45, 7) is 3.02. The quantitative estimate of drug-likeness (QED) is 0.545. The van der Waals surface area contributed by atoms with Gasteiger partial charge in [0.05, 0.1) is 5.57 Å². The monoisotopic (exact) mass is 218 g/mol. The zero-order valence-electron chi connectivity index (χ0n) is 5.22. The Morgan fingerprint density at radius 3 is 1.91 bits per heavy atom. The molecule has 0 aromatic carbocycles. The molecule has 0 aliphatic rings. The molecule has 0 aromatic rings. The molecule has 6 heteroatoms. The zero-order chi connectivity index (χ0) is 9.23. The SMILES string of the molecule is C=C(C(=O)O)C(O)C(Cl)(Cl)Cl. The Morgan fingerprint density at radius 1 is 1.45 bits per heavy atom. The van der Waals surface area contributed by atoms with Gasteiger partial charge in [-0.2, -0.15) is 0 Å². The van der Waals surface area contributed by atoms with Crippen LogP contribution in [-0.4, -0.2) is 26.1 Å². The number of aliphatic carboxylic acids is 1. The average molecular weight is 219 g/mol. The molecule has 0 bridgehead atoms. The molecule has 11 heavy (non-hydrogen) atoms. The van der Waals surface area contributed by atoms with Crippen LogP contribution in [0.15, 0.2) is 12.2 Å². The molecular formula is C5H5Cl3O3. The summed E-state index contributed by atoms with van der Waals surface area (Å²) in [6.07, 6.45) is -1.69. The lowest BCUT2D eigenvalue weighted by Gasteiger charge is -2.18. The van der Waals surface area contributed by atoms with Crippen molar-refractivity contribution in [2.24, 2.45) is 0 Å². The zero-order valence-corrected chi connectivity index (χ0v) is 7.49. The largest absolute Gasteiger partial charge is 0.478 e. The topological polar surface area (TPSA) is 57.5 Å². The molecular weight excluding hydrogens is 214 g/mol. The lowest BCUT2D eigenvalue weighted by molar-refractivity contribution is -0.133. The average Bonchev–Trinajstić information content (AvgIpc) is 1.82. The molecule has 0 saturated heterocycles. The molecule has 0 spiro atoms. The Hall–Kier alpha value is 0.0400. The normalized spacial score (nSPS) is 14.2. The van der Waals surface area contributed by atoms with Crippen LogP contribution >= 0.6 is 34.8 Å². The van der Waals surface area contributed by atoms with Gasteiger partial charge in [0.25, 0.3) is 0 Å². The number of halogens is 3. The van der Waals surface area contributed by atoms with Gasteiger partial charge in [-0.3, -0.25) is 0 Å². The van der Waals surface area contributed by atoms with E-state index in [4.69, 9.17) is 45.0 Å². The summed E-state index contributed by atoms with van der Waals surface area (Å²) in [5.74, 6) is -1.40. The molecule has 64 valence electrons. The second-order valence-corrected chi connectivity index (χ2v) is 4.14. The fraction of sp³-hybridized carbons (Fsp3) is 0.400. The van der Waals surface area contributed by atoms with Gasteiger partial charge >= 0.3 is 5.97 Å². The fourth-order valence-electron chi connectivity index (χ4n) is 0.315. The van der Waals surface area contributed by atoms with E-state index in [-0.39, 0.29) is 0 Å². The van der Waals surface area contributed by atoms with E-state index in [1.807, 2.05) is 0 Å². The van der Waals surface area contributed by atoms with Crippen LogP contribution in [0, 0.1) is 0 Å². The van der Waals surface area contributed by atoms with Crippen LogP contribution in [0.4, 0.5) is 0 Å². The summed E-state index contributed by atoms with van der Waals surface area (Å²) >= 11 is 15.5. The Bertz CT molecular complexity index is 184. The van der Waals surface area contributed by atoms with E-state index in [2.05, 4.69) is 6.58 Å². The van der Waals surface area contributed by atoms with Gasteiger partial charge in [-0.05, 0) is 0 Å². The fourth-order valence-corrected chi connectivity index (χ4v) is 0.710. The maximum atomic E-state index is 10.2. The molecule has 0 aliphatic carbocycles. The van der Waals surface area contributed by atoms with E-state index in [1.54, 1.807) is 0 Å². The minimum absolute atomic E-state index is 0.551. The van der Waals surface area contributed by atoms with Crippen LogP contribution in [-0.2, 0) is 4.79 Å². The second-order valence-electron chi connectivity index (χ2n) is 1.77. The molecule has 1 atom stereocenters. The maximum Gasteiger partial charge on any atom is 0.333 e. The van der Waals surface area contributed by atoms with E-state index in [0.29, 0.717) is 0 Å². The number of hydrogen-bond donors (Lipinski definition) is 2. The number of hydrogen-bond acceptors (Lipinski definition) is 2. The van der Waals surface area contributed by atoms with Crippen LogP contribution in [0.25, 0.3) is 0 Å². The highest BCUT2D eigenvalue weighted by Crippen LogP contribution is 2.33. The molecule has 0 radical (unpaired) electrons. The first-order valence-corrected chi connectivity index (χ1v) is 3.57. The molecule has 2 N–H and O–H groups in total. The Morgan fingerprint density at radius 2 is 1.82 bits per heavy atom. The number of alkyl halides is 3. The van der Waals surface area contributed by atoms with Gasteiger partial charge in [-0.1, -0.05) is 41.4 Å². The standard InChI is InChI=1S/C5H5Cl3O3/c1-2(4(10)11)3(9)5(6,7)8/h3,9H,1H2,(H,10,11). The Kier molecular flexibility index (Phi) is 3.64. The van der Waals surface area contributed by atoms with E-state index in [9.17, 15) is 4.79 Å². The summed E-state index contributed by atoms with van der Waals surface area (Å²) in [5.41, 5.74) is -0.551. The van der Waals surface area contributed by atoms with Crippen molar-refractivity contribution < 1.29 is 15.0 Å². The molecule has 1 unspecified atom stereocenters. The van der Waals surface area contributed by atoms with Gasteiger partial charge in [0.1, 0.15) is 6.10 Å². The molecule has 3 nitrogen and oxygen atoms in total. The van der Waals surface area contributed by atoms with Crippen LogP contribution in [0.3, 0.4) is 0 Å². The van der Waals surface area contributed by atoms with E-state index in [0.717, 1.165) is 0 Å². The van der Waals surface area contributed by atoms with Gasteiger partial charge in [0.2, 0.25) is 3.79 Å². The van der Waals surface area contributed by atoms with Crippen molar-refractivity contribution in [3.8, 4) is 0 Å². The van der Waals surface area contributed by atoms with Gasteiger partial charge < -0.3 is 10.2 Å². The van der Waals surface area contributed by atoms with E-state index in [1.165, 1.54) is 0 Å². The number of carbonyl (C=O) groups is 1. The maximum absolute atomic E-state index is 10.2. The Labute approximate surface area is 78.2 Å². The van der Waals surface area contributed by atoms with Crippen molar-refractivity contribution in [1.29, 1.82) is 0 Å². The van der Waals surface area contributed by atoms with Crippen molar-refractivity contribution in [1.82, 2.24) is 0 Å². The molecule has 0 heterocycles. The van der Waals surface area contributed by atoms with Crippen molar-refractivity contribution in [2.45, 2.75) is 9.90 Å². The number of aliphatic hydroxyl groups is 1. The Balaban J connectivity index is 4.38. The first-order valence-electron chi connectivity index (χ1n) is 2.43. The minimum atomic E-state index is -2.05. The lowest BCUT2D eigenvalue weighted by atomic mass is 10.2. The van der Waals surface area contributed by atoms with Crippen LogP contribution in [0.2, 0.25) is 0 Å². The number of carboxylic acid groups (broad SMARTS) is 1. The summed E-state index contributed by atoms with van der Waals surface area (Å²) in [6, 6.07) is 0. The van der Waals surface area contributed by atoms with Crippen molar-refractivity contribution in [3.05, 3.63) is 12.2 Å². The van der Waals surface area contributed by atoms with Gasteiger partial charge in [0.15, 0.2) is 0 Å². The van der Waals surface area contributed by atoms with Crippen molar-refractivity contribution >= 4 is 40.8 Å². The van der Waals surface area contributed by atoms with Gasteiger partial charge in [-0.15, -0.1) is 0 Å². The molecule has 0 rings (SSSR count). The first kappa shape index (κ1) is 11.0. The molecule has 0 aromatic heterocycles. The van der Waals surface area contributed by atoms with Crippen LogP contribution < -0.4 is 0 Å². The molecule has 0 fully saturated rings. The third-order valence-electron chi connectivity index (χ3n) is 0.915. The van der Waals surface area contributed by atoms with Gasteiger partial charge in [-0.25, -0.2) is 4.79 Å². The predicted molar refractivity (Wildman–Crippen MR) is 43.1 cm³/mol. The predicted octanol–water partition coefficient (Wildman–Crippen LogP) is 1.36. The minimum Gasteiger partial charge on any atom is -0.478 e. The second kappa shape index (κ2) is 3.63. The molecule has 0 saturated carbocycles. The van der Waals surface area contributed by atoms with Gasteiger partial charge in [0, 0.05) is 0 Å². The van der Waals surface area contributed by atoms with Crippen LogP contribution in [0.1, 0.15) is 0 Å². The lowest BCUT2D eigenvalue weighted by Crippen LogP contribution is -2.30. The highest BCUT2D eigenvalue weighted by Gasteiger charge is 2.35. The third kappa shape index (κ3) is 3.29. The summed E-state index contributed by atoms with van der Waals surface area (Å²) in [4.78, 5) is 10.2. The summed E-state index contributed by atoms with van der Waals surface area (Å²) in [7, 11) is 0. The highest BCUT2D eigenvalue weighted by atomic mass is 35.6. The molecule has 0 amide bonds. The number of carboxylic acids is 1. The third-order valence-corrected chi connectivity index (χ3v) is 1.53. The smallest absolute Gasteiger partial charge is 0.333 e. The number of aliphatic hydroxyl groups excluding tert-OH is 1. The first-order chi connectivity index (χ1) is 4.76. The summed E-state index contributed by atoms with van der Waals surface area (Å²) < 4.78 is -2.05. The van der Waals surface area contributed by atoms with Crippen molar-refractivity contribution in [3.63, 3.8) is 0 Å². The summed E-state index contributed by atoms with van der Waals surface area (Å²) in [5, 5.41) is 17.2. The van der Waals surface area contributed by atoms with Crippen molar-refractivity contribution in [2.75, 3.05) is 0 Å². The highest BCUT2D eigenvalue weighted by molar-refractivity contribution is 6.68. The van der Waals surface area contributed by atoms with E-state index < -0.39 is 21.4 Å². The van der Waals surface area contributed by atoms with E-state index >= 15 is 0 Å². The number of rotatable bonds is 2.